The van der Waals surface area contributed by atoms with Gasteiger partial charge in [-0.15, -0.1) is 10.2 Å². The number of aromatic amines is 1. The first-order chi connectivity index (χ1) is 24.2. The Kier molecular flexibility index (Phi) is 11.2. The monoisotopic (exact) mass is 679 g/mol. The molecule has 0 spiro atoms. The Hall–Kier alpha value is -5.01. The fourth-order valence-corrected chi connectivity index (χ4v) is 6.90. The molecule has 2 fully saturated rings. The number of anilines is 1. The number of aliphatic hydroxyl groups excluding tert-OH is 1. The Balaban J connectivity index is 1.13. The Bertz CT molecular complexity index is 1750. The minimum absolute atomic E-state index is 0.0467. The molecule has 2 aromatic heterocycles. The Morgan fingerprint density at radius 1 is 0.900 bits per heavy atom. The number of hydrogen-bond acceptors (Lipinski definition) is 9. The van der Waals surface area contributed by atoms with Crippen LogP contribution in [0.15, 0.2) is 60.7 Å². The number of benzene rings is 2. The van der Waals surface area contributed by atoms with Crippen LogP contribution in [0.3, 0.4) is 0 Å². The number of carbonyl (C=O) groups is 3. The standard InChI is InChI=1S/C37H45N9O4/c1-22-31(18-19-32(39-22)36(49)40-29-14-16-30(47)17-15-29)25-6-2-23(3-7-25)20-33(42-35(48)27-8-4-24(21-38)5-9-27)37(50)41-28-12-10-26(11-13-28)34-43-45-46-44-34/h2-3,6-7,10-13,18-19,24,27,29-30,33,47H,4-5,8-9,14-17,20-21,38H2,1H3,(H,40,49)(H,41,50)(H,42,48)(H,43,44,45,46). The molecular formula is C37H45N9O4. The second-order valence-electron chi connectivity index (χ2n) is 13.5. The van der Waals surface area contributed by atoms with Crippen molar-refractivity contribution in [3.8, 4) is 22.5 Å². The summed E-state index contributed by atoms with van der Waals surface area (Å²) in [4.78, 5) is 44.5. The summed E-state index contributed by atoms with van der Waals surface area (Å²) in [5.74, 6) is 0.0981. The van der Waals surface area contributed by atoms with Gasteiger partial charge >= 0.3 is 0 Å². The van der Waals surface area contributed by atoms with Crippen molar-refractivity contribution >= 4 is 23.4 Å². The van der Waals surface area contributed by atoms with Gasteiger partial charge in [0.15, 0.2) is 0 Å². The zero-order valence-corrected chi connectivity index (χ0v) is 28.3. The van der Waals surface area contributed by atoms with Crippen molar-refractivity contribution in [1.29, 1.82) is 0 Å². The molecule has 6 rings (SSSR count). The van der Waals surface area contributed by atoms with E-state index in [0.29, 0.717) is 48.9 Å². The van der Waals surface area contributed by atoms with Crippen molar-refractivity contribution < 1.29 is 19.5 Å². The molecule has 0 radical (unpaired) electrons. The van der Waals surface area contributed by atoms with Gasteiger partial charge in [-0.1, -0.05) is 30.3 Å². The van der Waals surface area contributed by atoms with Crippen molar-refractivity contribution in [2.24, 2.45) is 17.6 Å². The van der Waals surface area contributed by atoms with Gasteiger partial charge in [0, 0.05) is 40.9 Å². The summed E-state index contributed by atoms with van der Waals surface area (Å²) in [5, 5.41) is 32.8. The predicted molar refractivity (Wildman–Crippen MR) is 189 cm³/mol. The number of aliphatic hydroxyl groups is 1. The van der Waals surface area contributed by atoms with E-state index in [4.69, 9.17) is 5.73 Å². The molecule has 2 aliphatic rings. The van der Waals surface area contributed by atoms with E-state index in [0.717, 1.165) is 66.5 Å². The molecule has 1 atom stereocenters. The maximum absolute atomic E-state index is 13.7. The number of nitrogens with zero attached hydrogens (tertiary/aromatic N) is 4. The number of pyridine rings is 1. The van der Waals surface area contributed by atoms with Crippen molar-refractivity contribution in [1.82, 2.24) is 36.2 Å². The highest BCUT2D eigenvalue weighted by atomic mass is 16.3. The summed E-state index contributed by atoms with van der Waals surface area (Å²) >= 11 is 0. The summed E-state index contributed by atoms with van der Waals surface area (Å²) in [6.07, 6.45) is 6.24. The number of nitrogens with one attached hydrogen (secondary N) is 4. The molecule has 50 heavy (non-hydrogen) atoms. The van der Waals surface area contributed by atoms with Crippen LogP contribution in [-0.4, -0.2) is 73.2 Å². The second kappa shape index (κ2) is 16.1. The van der Waals surface area contributed by atoms with E-state index in [1.807, 2.05) is 37.3 Å². The normalized spacial score (nSPS) is 21.2. The highest BCUT2D eigenvalue weighted by Crippen LogP contribution is 2.29. The van der Waals surface area contributed by atoms with Gasteiger partial charge in [0.05, 0.1) is 6.10 Å². The molecule has 13 heteroatoms. The first-order valence-electron chi connectivity index (χ1n) is 17.5. The SMILES string of the molecule is Cc1nc(C(=O)NC2CCC(O)CC2)ccc1-c1ccc(CC(NC(=O)C2CCC(CN)CC2)C(=O)Nc2ccc(-c3nn[nH]n3)cc2)cc1. The first kappa shape index (κ1) is 34.8. The van der Waals surface area contributed by atoms with Gasteiger partial charge in [-0.05, 0) is 117 Å². The number of carbonyl (C=O) groups excluding carboxylic acids is 3. The van der Waals surface area contributed by atoms with Crippen molar-refractivity contribution in [3.05, 3.63) is 77.6 Å². The van der Waals surface area contributed by atoms with Crippen molar-refractivity contribution in [3.63, 3.8) is 0 Å². The van der Waals surface area contributed by atoms with Crippen LogP contribution in [0.4, 0.5) is 5.69 Å². The molecule has 262 valence electrons. The molecule has 13 nitrogen and oxygen atoms in total. The maximum atomic E-state index is 13.7. The zero-order chi connectivity index (χ0) is 35.0. The predicted octanol–water partition coefficient (Wildman–Crippen LogP) is 3.70. The fourth-order valence-electron chi connectivity index (χ4n) is 6.90. The topological polar surface area (TPSA) is 201 Å². The maximum Gasteiger partial charge on any atom is 0.270 e. The highest BCUT2D eigenvalue weighted by Gasteiger charge is 2.29. The number of tetrazole rings is 1. The van der Waals surface area contributed by atoms with Gasteiger partial charge in [0.2, 0.25) is 17.6 Å². The Morgan fingerprint density at radius 3 is 2.24 bits per heavy atom. The number of nitrogens with two attached hydrogens (primary N) is 1. The van der Waals surface area contributed by atoms with Gasteiger partial charge in [0.25, 0.3) is 5.91 Å². The molecular weight excluding hydrogens is 634 g/mol. The number of aromatic nitrogens is 5. The van der Waals surface area contributed by atoms with E-state index in [1.54, 1.807) is 30.3 Å². The molecule has 0 aliphatic heterocycles. The lowest BCUT2D eigenvalue weighted by Crippen LogP contribution is -2.48. The van der Waals surface area contributed by atoms with Crippen LogP contribution in [-0.2, 0) is 16.0 Å². The van der Waals surface area contributed by atoms with E-state index in [1.165, 1.54) is 0 Å². The minimum Gasteiger partial charge on any atom is -0.393 e. The van der Waals surface area contributed by atoms with Crippen molar-refractivity contribution in [2.75, 3.05) is 11.9 Å². The molecule has 3 amide bonds. The number of H-pyrrole nitrogens is 1. The molecule has 0 saturated heterocycles. The second-order valence-corrected chi connectivity index (χ2v) is 13.5. The summed E-state index contributed by atoms with van der Waals surface area (Å²) in [6.45, 7) is 2.51. The van der Waals surface area contributed by atoms with Crippen LogP contribution in [0.5, 0.6) is 0 Å². The number of hydrogen-bond donors (Lipinski definition) is 6. The van der Waals surface area contributed by atoms with Gasteiger partial charge in [-0.3, -0.25) is 14.4 Å². The average molecular weight is 680 g/mol. The van der Waals surface area contributed by atoms with Gasteiger partial charge in [-0.25, -0.2) is 4.98 Å². The van der Waals surface area contributed by atoms with Crippen LogP contribution in [0.25, 0.3) is 22.5 Å². The lowest BCUT2D eigenvalue weighted by molar-refractivity contribution is -0.130. The van der Waals surface area contributed by atoms with Crippen LogP contribution in [0, 0.1) is 18.8 Å². The number of amides is 3. The van der Waals surface area contributed by atoms with Crippen LogP contribution >= 0.6 is 0 Å². The summed E-state index contributed by atoms with van der Waals surface area (Å²) in [7, 11) is 0. The molecule has 1 unspecified atom stereocenters. The van der Waals surface area contributed by atoms with E-state index >= 15 is 0 Å². The summed E-state index contributed by atoms with van der Waals surface area (Å²) < 4.78 is 0. The van der Waals surface area contributed by atoms with Crippen molar-refractivity contribution in [2.45, 2.75) is 82.9 Å². The fraction of sp³-hybridized carbons (Fsp3) is 0.432. The van der Waals surface area contributed by atoms with E-state index in [-0.39, 0.29) is 35.8 Å². The number of aryl methyl sites for hydroxylation is 1. The third kappa shape index (κ3) is 8.77. The van der Waals surface area contributed by atoms with Crippen LogP contribution in [0.1, 0.15) is 73.1 Å². The smallest absolute Gasteiger partial charge is 0.270 e. The molecule has 2 aromatic carbocycles. The Labute approximate surface area is 291 Å². The molecule has 4 aromatic rings. The summed E-state index contributed by atoms with van der Waals surface area (Å²) in [5.41, 5.74) is 11.0. The molecule has 7 N–H and O–H groups in total. The third-order valence-electron chi connectivity index (χ3n) is 9.99. The third-order valence-corrected chi connectivity index (χ3v) is 9.99. The van der Waals surface area contributed by atoms with E-state index in [9.17, 15) is 19.5 Å². The molecule has 2 saturated carbocycles. The average Bonchev–Trinajstić information content (AvgIpc) is 3.68. The zero-order valence-electron chi connectivity index (χ0n) is 28.3. The highest BCUT2D eigenvalue weighted by molar-refractivity contribution is 5.98. The van der Waals surface area contributed by atoms with E-state index in [2.05, 4.69) is 41.6 Å². The minimum atomic E-state index is -0.800. The first-order valence-corrected chi connectivity index (χ1v) is 17.5. The lowest BCUT2D eigenvalue weighted by atomic mass is 9.81. The summed E-state index contributed by atoms with van der Waals surface area (Å²) in [6, 6.07) is 17.8. The number of rotatable bonds is 11. The molecule has 0 bridgehead atoms. The van der Waals surface area contributed by atoms with Gasteiger partial charge < -0.3 is 26.8 Å². The van der Waals surface area contributed by atoms with Crippen LogP contribution < -0.4 is 21.7 Å². The van der Waals surface area contributed by atoms with Crippen LogP contribution in [0.2, 0.25) is 0 Å². The van der Waals surface area contributed by atoms with Gasteiger partial charge in [0.1, 0.15) is 11.7 Å². The molecule has 2 aliphatic carbocycles. The van der Waals surface area contributed by atoms with Gasteiger partial charge in [-0.2, -0.15) is 5.21 Å². The molecule has 2 heterocycles. The Morgan fingerprint density at radius 2 is 1.60 bits per heavy atom. The van der Waals surface area contributed by atoms with E-state index < -0.39 is 6.04 Å². The largest absolute Gasteiger partial charge is 0.393 e. The quantitative estimate of drug-likeness (QED) is 0.137. The lowest BCUT2D eigenvalue weighted by Gasteiger charge is -2.28.